The summed E-state index contributed by atoms with van der Waals surface area (Å²) in [7, 11) is -3.63. The molecule has 0 fully saturated rings. The number of aliphatic hydroxyl groups is 1. The molecular weight excluding hydrogens is 456 g/mol. The van der Waals surface area contributed by atoms with Gasteiger partial charge in [-0.15, -0.1) is 6.58 Å². The van der Waals surface area contributed by atoms with Crippen molar-refractivity contribution in [3.05, 3.63) is 84.8 Å². The molecule has 0 aliphatic rings. The third-order valence-corrected chi connectivity index (χ3v) is 7.17. The number of carbonyl (C=O) groups excluding carboxylic acids is 1. The summed E-state index contributed by atoms with van der Waals surface area (Å²) in [6, 6.07) is 16.8. The summed E-state index contributed by atoms with van der Waals surface area (Å²) in [6.07, 6.45) is -0.582. The monoisotopic (exact) mass is 483 g/mol. The Morgan fingerprint density at radius 2 is 1.74 bits per heavy atom. The van der Waals surface area contributed by atoms with Crippen LogP contribution in [0.5, 0.6) is 5.75 Å². The van der Waals surface area contributed by atoms with Gasteiger partial charge < -0.3 is 14.7 Å². The first-order chi connectivity index (χ1) is 16.1. The zero-order chi connectivity index (χ0) is 25.0. The average molecular weight is 483 g/mol. The van der Waals surface area contributed by atoms with Crippen LogP contribution in [-0.2, 0) is 9.36 Å². The molecule has 0 aliphatic heterocycles. The molecule has 3 aromatic rings. The molecule has 1 aromatic heterocycles. The van der Waals surface area contributed by atoms with Gasteiger partial charge >= 0.3 is 5.97 Å². The fourth-order valence-corrected chi connectivity index (χ4v) is 4.36. The minimum absolute atomic E-state index is 0.0708. The van der Waals surface area contributed by atoms with Crippen LogP contribution >= 0.6 is 8.03 Å². The van der Waals surface area contributed by atoms with Gasteiger partial charge in [-0.2, -0.15) is 0 Å². The zero-order valence-electron chi connectivity index (χ0n) is 19.2. The first-order valence-corrected chi connectivity index (χ1v) is 12.1. The number of nitrogens with zero attached hydrogens (tertiary/aromatic N) is 1. The molecule has 3 atom stereocenters. The summed E-state index contributed by atoms with van der Waals surface area (Å²) < 4.78 is 31.6. The Bertz CT molecular complexity index is 1210. The number of halogens is 1. The summed E-state index contributed by atoms with van der Waals surface area (Å²) in [5, 5.41) is 8.01. The molecule has 2 N–H and O–H groups in total. The van der Waals surface area contributed by atoms with Crippen LogP contribution in [-0.4, -0.2) is 32.2 Å². The summed E-state index contributed by atoms with van der Waals surface area (Å²) in [5.41, 5.74) is 2.88. The maximum absolute atomic E-state index is 13.6. The van der Waals surface area contributed by atoms with E-state index in [0.29, 0.717) is 22.5 Å². The van der Waals surface area contributed by atoms with Crippen molar-refractivity contribution in [1.29, 1.82) is 0 Å². The molecule has 3 unspecified atom stereocenters. The lowest BCUT2D eigenvalue weighted by Gasteiger charge is -2.29. The highest BCUT2D eigenvalue weighted by Gasteiger charge is 2.48. The maximum atomic E-state index is 13.6. The minimum atomic E-state index is -3.63. The molecule has 6 nitrogen and oxygen atoms in total. The summed E-state index contributed by atoms with van der Waals surface area (Å²) in [5.74, 6) is -1.69. The number of aliphatic hydroxyl groups excluding tert-OH is 1. The summed E-state index contributed by atoms with van der Waals surface area (Å²) in [6.45, 7) is 8.45. The van der Waals surface area contributed by atoms with Crippen LogP contribution in [0, 0.1) is 5.82 Å². The van der Waals surface area contributed by atoms with E-state index in [9.17, 15) is 23.7 Å². The molecule has 0 bridgehead atoms. The predicted octanol–water partition coefficient (Wildman–Crippen LogP) is 5.36. The van der Waals surface area contributed by atoms with Crippen molar-refractivity contribution in [2.75, 3.05) is 0 Å². The molecule has 0 saturated carbocycles. The van der Waals surface area contributed by atoms with E-state index < -0.39 is 31.1 Å². The second kappa shape index (κ2) is 10.4. The third-order valence-electron chi connectivity index (χ3n) is 5.64. The fraction of sp³-hybridized carbons (Fsp3) is 0.231. The highest BCUT2D eigenvalue weighted by Crippen LogP contribution is 2.44. The maximum Gasteiger partial charge on any atom is 0.333 e. The van der Waals surface area contributed by atoms with Gasteiger partial charge in [-0.05, 0) is 36.6 Å². The van der Waals surface area contributed by atoms with Crippen molar-refractivity contribution >= 4 is 14.0 Å². The average Bonchev–Trinajstić information content (AvgIpc) is 2.80. The van der Waals surface area contributed by atoms with Crippen LogP contribution in [0.1, 0.15) is 32.4 Å². The number of rotatable bonds is 8. The van der Waals surface area contributed by atoms with Crippen molar-refractivity contribution in [2.24, 2.45) is 0 Å². The van der Waals surface area contributed by atoms with Gasteiger partial charge in [-0.25, -0.2) is 14.2 Å². The molecule has 178 valence electrons. The SMILES string of the molecule is C=CC(C(=O)Oc1c(-c2ccc(F)cc2)cc(-c2ccccc2)nc1C(C)C)(C(C)O)[PH](=O)O. The van der Waals surface area contributed by atoms with Crippen molar-refractivity contribution in [3.63, 3.8) is 0 Å². The second-order valence-corrected chi connectivity index (χ2v) is 9.68. The van der Waals surface area contributed by atoms with Crippen LogP contribution in [0.15, 0.2) is 73.3 Å². The molecule has 1 heterocycles. The first kappa shape index (κ1) is 25.5. The van der Waals surface area contributed by atoms with Gasteiger partial charge in [0.05, 0.1) is 17.5 Å². The topological polar surface area (TPSA) is 96.7 Å². The van der Waals surface area contributed by atoms with E-state index in [4.69, 9.17) is 9.72 Å². The molecular formula is C26H27FNO5P. The third kappa shape index (κ3) is 4.87. The van der Waals surface area contributed by atoms with Crippen molar-refractivity contribution in [1.82, 2.24) is 4.98 Å². The van der Waals surface area contributed by atoms with E-state index in [1.54, 1.807) is 18.2 Å². The van der Waals surface area contributed by atoms with Gasteiger partial charge in [0.1, 0.15) is 5.82 Å². The van der Waals surface area contributed by atoms with Crippen LogP contribution in [0.2, 0.25) is 0 Å². The molecule has 34 heavy (non-hydrogen) atoms. The Morgan fingerprint density at radius 3 is 2.24 bits per heavy atom. The number of ether oxygens (including phenoxy) is 1. The van der Waals surface area contributed by atoms with Gasteiger partial charge in [0, 0.05) is 11.1 Å². The van der Waals surface area contributed by atoms with E-state index in [0.717, 1.165) is 11.6 Å². The van der Waals surface area contributed by atoms with Gasteiger partial charge in [0.15, 0.2) is 10.9 Å². The smallest absolute Gasteiger partial charge is 0.333 e. The van der Waals surface area contributed by atoms with Crippen LogP contribution in [0.4, 0.5) is 4.39 Å². The molecule has 0 saturated heterocycles. The predicted molar refractivity (Wildman–Crippen MR) is 131 cm³/mol. The minimum Gasteiger partial charge on any atom is -0.423 e. The normalized spacial score (nSPS) is 14.8. The Labute approximate surface area is 198 Å². The quantitative estimate of drug-likeness (QED) is 0.255. The molecule has 0 amide bonds. The van der Waals surface area contributed by atoms with Crippen molar-refractivity contribution < 1.29 is 28.5 Å². The highest BCUT2D eigenvalue weighted by molar-refractivity contribution is 7.42. The standard InChI is InChI=1S/C26H27FNO5P/c1-5-26(17(4)29,34(31)32)25(30)33-24-21(18-11-13-20(27)14-12-18)15-22(28-23(24)16(2)3)19-9-7-6-8-10-19/h5-17,29,34H,1H2,2-4H3,(H,31,32). The number of benzene rings is 2. The molecule has 2 aromatic carbocycles. The van der Waals surface area contributed by atoms with Gasteiger partial charge in [0.25, 0.3) is 0 Å². The number of pyridine rings is 1. The van der Waals surface area contributed by atoms with E-state index in [-0.39, 0.29) is 11.7 Å². The second-order valence-electron chi connectivity index (χ2n) is 8.24. The Hall–Kier alpha value is -3.12. The number of aromatic nitrogens is 1. The fourth-order valence-electron chi connectivity index (χ4n) is 3.61. The van der Waals surface area contributed by atoms with Crippen molar-refractivity contribution in [3.8, 4) is 28.1 Å². The molecule has 0 aliphatic carbocycles. The highest BCUT2D eigenvalue weighted by atomic mass is 31.1. The largest absolute Gasteiger partial charge is 0.423 e. The van der Waals surface area contributed by atoms with E-state index in [1.165, 1.54) is 19.1 Å². The molecule has 3 rings (SSSR count). The van der Waals surface area contributed by atoms with Gasteiger partial charge in [-0.3, -0.25) is 4.57 Å². The van der Waals surface area contributed by atoms with Crippen LogP contribution in [0.25, 0.3) is 22.4 Å². The number of carbonyl (C=O) groups is 1. The number of hydrogen-bond acceptors (Lipinski definition) is 5. The number of esters is 1. The Kier molecular flexibility index (Phi) is 7.82. The Morgan fingerprint density at radius 1 is 1.12 bits per heavy atom. The molecule has 0 radical (unpaired) electrons. The number of hydrogen-bond donors (Lipinski definition) is 2. The lowest BCUT2D eigenvalue weighted by atomic mass is 9.97. The summed E-state index contributed by atoms with van der Waals surface area (Å²) >= 11 is 0. The molecule has 8 heteroatoms. The Balaban J connectivity index is 2.28. The van der Waals surface area contributed by atoms with Gasteiger partial charge in [-0.1, -0.05) is 62.4 Å². The lowest BCUT2D eigenvalue weighted by Crippen LogP contribution is -2.46. The van der Waals surface area contributed by atoms with E-state index in [1.807, 2.05) is 44.2 Å². The summed E-state index contributed by atoms with van der Waals surface area (Å²) in [4.78, 5) is 27.9. The lowest BCUT2D eigenvalue weighted by molar-refractivity contribution is -0.138. The van der Waals surface area contributed by atoms with Gasteiger partial charge in [0.2, 0.25) is 8.03 Å². The van der Waals surface area contributed by atoms with E-state index >= 15 is 0 Å². The van der Waals surface area contributed by atoms with Crippen LogP contribution < -0.4 is 4.74 Å². The van der Waals surface area contributed by atoms with Crippen molar-refractivity contribution in [2.45, 2.75) is 37.9 Å². The molecule has 0 spiro atoms. The first-order valence-electron chi connectivity index (χ1n) is 10.8. The zero-order valence-corrected chi connectivity index (χ0v) is 20.2. The van der Waals surface area contributed by atoms with Crippen LogP contribution in [0.3, 0.4) is 0 Å². The van der Waals surface area contributed by atoms with E-state index in [2.05, 4.69) is 6.58 Å².